The quantitative estimate of drug-likeness (QED) is 0.815. The van der Waals surface area contributed by atoms with E-state index in [1.807, 2.05) is 12.1 Å². The molecule has 0 saturated carbocycles. The van der Waals surface area contributed by atoms with Gasteiger partial charge in [-0.3, -0.25) is 4.79 Å². The number of hydrogen-bond donors (Lipinski definition) is 0. The summed E-state index contributed by atoms with van der Waals surface area (Å²) in [6.45, 7) is 2.06. The van der Waals surface area contributed by atoms with E-state index in [0.717, 1.165) is 35.3 Å². The molecule has 1 aliphatic carbocycles. The molecule has 2 aliphatic rings. The van der Waals surface area contributed by atoms with Crippen molar-refractivity contribution in [2.45, 2.75) is 32.1 Å². The Kier molecular flexibility index (Phi) is 4.19. The molecule has 0 saturated heterocycles. The van der Waals surface area contributed by atoms with Crippen molar-refractivity contribution in [1.29, 1.82) is 0 Å². The first-order chi connectivity index (χ1) is 12.6. The average molecular weight is 350 g/mol. The van der Waals surface area contributed by atoms with E-state index < -0.39 is 0 Å². The Labute approximate surface area is 153 Å². The van der Waals surface area contributed by atoms with E-state index in [0.29, 0.717) is 23.7 Å². The van der Waals surface area contributed by atoms with Gasteiger partial charge in [0.1, 0.15) is 23.0 Å². The van der Waals surface area contributed by atoms with Crippen LogP contribution in [0.5, 0.6) is 17.2 Å². The fourth-order valence-corrected chi connectivity index (χ4v) is 3.86. The number of rotatable bonds is 3. The Bertz CT molecular complexity index is 893. The predicted octanol–water partition coefficient (Wildman–Crippen LogP) is 4.54. The number of methoxy groups -OCH3 is 2. The summed E-state index contributed by atoms with van der Waals surface area (Å²) in [5, 5.41) is 0. The first-order valence-electron chi connectivity index (χ1n) is 8.89. The molecule has 0 radical (unpaired) electrons. The van der Waals surface area contributed by atoms with Crippen molar-refractivity contribution in [3.63, 3.8) is 0 Å². The lowest BCUT2D eigenvalue weighted by molar-refractivity contribution is -0.116. The van der Waals surface area contributed by atoms with E-state index in [2.05, 4.69) is 31.2 Å². The second-order valence-corrected chi connectivity index (χ2v) is 6.80. The number of ether oxygens (including phenoxy) is 3. The average Bonchev–Trinajstić information content (AvgIpc) is 2.66. The molecular weight excluding hydrogens is 328 g/mol. The fourth-order valence-electron chi connectivity index (χ4n) is 3.86. The highest BCUT2D eigenvalue weighted by Gasteiger charge is 2.38. The van der Waals surface area contributed by atoms with Crippen molar-refractivity contribution in [2.75, 3.05) is 14.2 Å². The minimum absolute atomic E-state index is 0.167. The highest BCUT2D eigenvalue weighted by Crippen LogP contribution is 2.51. The topological polar surface area (TPSA) is 44.8 Å². The number of aryl methyl sites for hydroxylation is 1. The molecule has 0 spiro atoms. The molecule has 1 aliphatic heterocycles. The standard InChI is InChI=1S/C22H22O4/c1-13-7-9-14(10-8-13)20-21-16(23)5-4-6-17(21)26-19-12-15(24-2)11-18(25-3)22(19)20/h7-12,20H,4-6H2,1-3H3. The maximum atomic E-state index is 12.8. The Morgan fingerprint density at radius 3 is 2.50 bits per heavy atom. The number of hydrogen-bond acceptors (Lipinski definition) is 4. The van der Waals surface area contributed by atoms with Gasteiger partial charge in [0.2, 0.25) is 0 Å². The van der Waals surface area contributed by atoms with Crippen LogP contribution in [0.25, 0.3) is 0 Å². The molecule has 2 aromatic carbocycles. The lowest BCUT2D eigenvalue weighted by Crippen LogP contribution is -2.26. The second kappa shape index (κ2) is 6.52. The maximum absolute atomic E-state index is 12.8. The van der Waals surface area contributed by atoms with E-state index in [-0.39, 0.29) is 11.7 Å². The number of carbonyl (C=O) groups excluding carboxylic acids is 1. The van der Waals surface area contributed by atoms with Gasteiger partial charge in [0.15, 0.2) is 5.78 Å². The maximum Gasteiger partial charge on any atom is 0.163 e. The summed E-state index contributed by atoms with van der Waals surface area (Å²) in [5.74, 6) is 2.84. The molecule has 4 rings (SSSR count). The van der Waals surface area contributed by atoms with E-state index >= 15 is 0 Å². The molecule has 1 unspecified atom stereocenters. The number of Topliss-reactive ketones (excluding diaryl/α,β-unsaturated/α-hetero) is 1. The van der Waals surface area contributed by atoms with Gasteiger partial charge in [-0.15, -0.1) is 0 Å². The molecule has 0 bridgehead atoms. The normalized spacial score (nSPS) is 18.7. The summed E-state index contributed by atoms with van der Waals surface area (Å²) in [4.78, 5) is 12.8. The van der Waals surface area contributed by atoms with Gasteiger partial charge in [-0.25, -0.2) is 0 Å². The van der Waals surface area contributed by atoms with E-state index in [1.165, 1.54) is 5.56 Å². The first kappa shape index (κ1) is 16.7. The molecular formula is C22H22O4. The van der Waals surface area contributed by atoms with Gasteiger partial charge in [-0.05, 0) is 18.9 Å². The highest BCUT2D eigenvalue weighted by molar-refractivity contribution is 5.99. The molecule has 0 amide bonds. The lowest BCUT2D eigenvalue weighted by atomic mass is 9.76. The zero-order valence-electron chi connectivity index (χ0n) is 15.3. The van der Waals surface area contributed by atoms with Gasteiger partial charge in [0, 0.05) is 42.0 Å². The fraction of sp³-hybridized carbons (Fsp3) is 0.318. The molecule has 134 valence electrons. The minimum atomic E-state index is -0.178. The molecule has 4 nitrogen and oxygen atoms in total. The van der Waals surface area contributed by atoms with Crippen molar-refractivity contribution >= 4 is 5.78 Å². The molecule has 0 aromatic heterocycles. The Hall–Kier alpha value is -2.75. The Morgan fingerprint density at radius 1 is 1.04 bits per heavy atom. The lowest BCUT2D eigenvalue weighted by Gasteiger charge is -2.34. The Morgan fingerprint density at radius 2 is 1.81 bits per heavy atom. The summed E-state index contributed by atoms with van der Waals surface area (Å²) < 4.78 is 17.2. The van der Waals surface area contributed by atoms with Crippen LogP contribution in [-0.4, -0.2) is 20.0 Å². The van der Waals surface area contributed by atoms with Crippen LogP contribution >= 0.6 is 0 Å². The summed E-state index contributed by atoms with van der Waals surface area (Å²) in [7, 11) is 3.25. The van der Waals surface area contributed by atoms with Gasteiger partial charge in [0.05, 0.1) is 14.2 Å². The van der Waals surface area contributed by atoms with Crippen molar-refractivity contribution < 1.29 is 19.0 Å². The number of benzene rings is 2. The van der Waals surface area contributed by atoms with Gasteiger partial charge in [0.25, 0.3) is 0 Å². The molecule has 0 fully saturated rings. The van der Waals surface area contributed by atoms with Crippen molar-refractivity contribution in [3.05, 3.63) is 64.4 Å². The SMILES string of the molecule is COc1cc(OC)c2c(c1)OC1=C(C(=O)CCC1)C2c1ccc(C)cc1. The molecule has 26 heavy (non-hydrogen) atoms. The van der Waals surface area contributed by atoms with Gasteiger partial charge in [-0.1, -0.05) is 29.8 Å². The third-order valence-electron chi connectivity index (χ3n) is 5.16. The summed E-state index contributed by atoms with van der Waals surface area (Å²) in [6, 6.07) is 12.1. The number of allylic oxidation sites excluding steroid dienone is 2. The van der Waals surface area contributed by atoms with Crippen molar-refractivity contribution in [3.8, 4) is 17.2 Å². The van der Waals surface area contributed by atoms with Gasteiger partial charge in [-0.2, -0.15) is 0 Å². The number of ketones is 1. The minimum Gasteiger partial charge on any atom is -0.496 e. The molecule has 1 heterocycles. The van der Waals surface area contributed by atoms with Gasteiger partial charge < -0.3 is 14.2 Å². The summed E-state index contributed by atoms with van der Waals surface area (Å²) >= 11 is 0. The monoisotopic (exact) mass is 350 g/mol. The van der Waals surface area contributed by atoms with Gasteiger partial charge >= 0.3 is 0 Å². The van der Waals surface area contributed by atoms with Crippen LogP contribution in [0, 0.1) is 6.92 Å². The van der Waals surface area contributed by atoms with Crippen LogP contribution in [0.1, 0.15) is 41.9 Å². The largest absolute Gasteiger partial charge is 0.496 e. The Balaban J connectivity index is 1.97. The van der Waals surface area contributed by atoms with Crippen molar-refractivity contribution in [1.82, 2.24) is 0 Å². The third kappa shape index (κ3) is 2.66. The number of fused-ring (bicyclic) bond motifs is 1. The smallest absolute Gasteiger partial charge is 0.163 e. The van der Waals surface area contributed by atoms with E-state index in [9.17, 15) is 4.79 Å². The first-order valence-corrected chi connectivity index (χ1v) is 8.89. The van der Waals surface area contributed by atoms with Crippen LogP contribution in [-0.2, 0) is 4.79 Å². The van der Waals surface area contributed by atoms with Crippen LogP contribution in [0.15, 0.2) is 47.7 Å². The highest BCUT2D eigenvalue weighted by atomic mass is 16.5. The zero-order valence-corrected chi connectivity index (χ0v) is 15.3. The number of carbonyl (C=O) groups is 1. The van der Waals surface area contributed by atoms with Crippen LogP contribution < -0.4 is 14.2 Å². The second-order valence-electron chi connectivity index (χ2n) is 6.80. The van der Waals surface area contributed by atoms with Crippen LogP contribution in [0.4, 0.5) is 0 Å². The van der Waals surface area contributed by atoms with Crippen LogP contribution in [0.3, 0.4) is 0 Å². The summed E-state index contributed by atoms with van der Waals surface area (Å²) in [6.07, 6.45) is 2.18. The molecule has 4 heteroatoms. The summed E-state index contributed by atoms with van der Waals surface area (Å²) in [5.41, 5.74) is 3.93. The molecule has 2 aromatic rings. The van der Waals surface area contributed by atoms with E-state index in [1.54, 1.807) is 14.2 Å². The third-order valence-corrected chi connectivity index (χ3v) is 5.16. The van der Waals surface area contributed by atoms with Crippen LogP contribution in [0.2, 0.25) is 0 Å². The zero-order chi connectivity index (χ0) is 18.3. The van der Waals surface area contributed by atoms with Crippen molar-refractivity contribution in [2.24, 2.45) is 0 Å². The van der Waals surface area contributed by atoms with E-state index in [4.69, 9.17) is 14.2 Å². The predicted molar refractivity (Wildman–Crippen MR) is 99.1 cm³/mol. The molecule has 0 N–H and O–H groups in total. The molecule has 1 atom stereocenters.